The van der Waals surface area contributed by atoms with E-state index in [-0.39, 0.29) is 16.9 Å². The Morgan fingerprint density at radius 1 is 1.48 bits per heavy atom. The number of imidazole rings is 1. The zero-order valence-electron chi connectivity index (χ0n) is 12.1. The van der Waals surface area contributed by atoms with Crippen LogP contribution < -0.4 is 10.5 Å². The molecule has 7 nitrogen and oxygen atoms in total. The fraction of sp³-hybridized carbons (Fsp3) is 0.462. The normalized spacial score (nSPS) is 13.6. The molecule has 0 aliphatic rings. The summed E-state index contributed by atoms with van der Waals surface area (Å²) in [7, 11) is -2.23. The van der Waals surface area contributed by atoms with Gasteiger partial charge in [-0.05, 0) is 18.6 Å². The maximum absolute atomic E-state index is 12.6. The van der Waals surface area contributed by atoms with E-state index in [0.29, 0.717) is 18.7 Å². The third kappa shape index (κ3) is 3.34. The van der Waals surface area contributed by atoms with Crippen molar-refractivity contribution in [3.05, 3.63) is 24.4 Å². The molecule has 2 heterocycles. The highest BCUT2D eigenvalue weighted by molar-refractivity contribution is 7.89. The third-order valence-corrected chi connectivity index (χ3v) is 4.65. The van der Waals surface area contributed by atoms with Gasteiger partial charge in [0.1, 0.15) is 5.65 Å². The van der Waals surface area contributed by atoms with Gasteiger partial charge in [-0.3, -0.25) is 4.40 Å². The number of anilines is 1. The average molecular weight is 312 g/mol. The van der Waals surface area contributed by atoms with Crippen molar-refractivity contribution in [2.45, 2.75) is 30.8 Å². The fourth-order valence-electron chi connectivity index (χ4n) is 2.26. The molecule has 2 rings (SSSR count). The number of pyridine rings is 1. The van der Waals surface area contributed by atoms with Gasteiger partial charge in [-0.1, -0.05) is 19.4 Å². The fourth-order valence-corrected chi connectivity index (χ4v) is 3.73. The monoisotopic (exact) mass is 312 g/mol. The van der Waals surface area contributed by atoms with Crippen LogP contribution in [-0.2, 0) is 14.8 Å². The predicted octanol–water partition coefficient (Wildman–Crippen LogP) is 1.01. The minimum Gasteiger partial charge on any atom is -0.383 e. The van der Waals surface area contributed by atoms with Gasteiger partial charge in [-0.2, -0.15) is 0 Å². The van der Waals surface area contributed by atoms with Crippen LogP contribution in [-0.4, -0.2) is 37.6 Å². The third-order valence-electron chi connectivity index (χ3n) is 3.09. The summed E-state index contributed by atoms with van der Waals surface area (Å²) in [6.07, 6.45) is 3.15. The standard InChI is InChI=1S/C13H20N4O3S/c1-3-6-10(9-20-2)16-21(18,19)13-12(14)15-11-7-4-5-8-17(11)13/h4-5,7-8,10,16H,3,6,9,14H2,1-2H3. The number of nitrogens with zero attached hydrogens (tertiary/aromatic N) is 2. The maximum atomic E-state index is 12.6. The second-order valence-electron chi connectivity index (χ2n) is 4.79. The summed E-state index contributed by atoms with van der Waals surface area (Å²) in [5.74, 6) is -0.0126. The van der Waals surface area contributed by atoms with Crippen molar-refractivity contribution in [3.8, 4) is 0 Å². The summed E-state index contributed by atoms with van der Waals surface area (Å²) in [5.41, 5.74) is 6.28. The first kappa shape index (κ1) is 15.7. The van der Waals surface area contributed by atoms with Crippen molar-refractivity contribution >= 4 is 21.5 Å². The number of aromatic nitrogens is 2. The van der Waals surface area contributed by atoms with E-state index < -0.39 is 10.0 Å². The lowest BCUT2D eigenvalue weighted by atomic mass is 10.2. The van der Waals surface area contributed by atoms with Crippen molar-refractivity contribution in [2.24, 2.45) is 0 Å². The van der Waals surface area contributed by atoms with Gasteiger partial charge in [0.15, 0.2) is 10.8 Å². The molecule has 1 unspecified atom stereocenters. The van der Waals surface area contributed by atoms with E-state index >= 15 is 0 Å². The van der Waals surface area contributed by atoms with Gasteiger partial charge >= 0.3 is 0 Å². The molecule has 3 N–H and O–H groups in total. The van der Waals surface area contributed by atoms with Crippen molar-refractivity contribution in [1.82, 2.24) is 14.1 Å². The average Bonchev–Trinajstić information content (AvgIpc) is 2.75. The number of nitrogens with one attached hydrogen (secondary N) is 1. The van der Waals surface area contributed by atoms with Gasteiger partial charge in [0.05, 0.1) is 6.61 Å². The second-order valence-corrected chi connectivity index (χ2v) is 6.42. The molecule has 116 valence electrons. The molecule has 0 amide bonds. The molecule has 21 heavy (non-hydrogen) atoms. The summed E-state index contributed by atoms with van der Waals surface area (Å²) < 4.78 is 34.3. The lowest BCUT2D eigenvalue weighted by molar-refractivity contribution is 0.171. The Hall–Kier alpha value is -1.64. The first-order chi connectivity index (χ1) is 9.99. The smallest absolute Gasteiger partial charge is 0.260 e. The SMILES string of the molecule is CCCC(COC)NS(=O)(=O)c1c(N)nc2ccccn12. The van der Waals surface area contributed by atoms with Gasteiger partial charge in [-0.15, -0.1) is 0 Å². The largest absolute Gasteiger partial charge is 0.383 e. The molecule has 0 radical (unpaired) electrons. The van der Waals surface area contributed by atoms with Crippen LogP contribution in [0.4, 0.5) is 5.82 Å². The topological polar surface area (TPSA) is 98.7 Å². The molecule has 2 aromatic rings. The molecule has 0 bridgehead atoms. The van der Waals surface area contributed by atoms with Crippen molar-refractivity contribution in [2.75, 3.05) is 19.5 Å². The van der Waals surface area contributed by atoms with Crippen molar-refractivity contribution in [3.63, 3.8) is 0 Å². The molecule has 0 fully saturated rings. The van der Waals surface area contributed by atoms with E-state index in [2.05, 4.69) is 9.71 Å². The summed E-state index contributed by atoms with van der Waals surface area (Å²) in [6, 6.07) is 4.91. The number of rotatable bonds is 7. The highest BCUT2D eigenvalue weighted by Crippen LogP contribution is 2.20. The number of hydrogen-bond donors (Lipinski definition) is 2. The van der Waals surface area contributed by atoms with Crippen LogP contribution in [0.5, 0.6) is 0 Å². The molecule has 0 aliphatic carbocycles. The molecule has 0 aliphatic heterocycles. The van der Waals surface area contributed by atoms with Crippen molar-refractivity contribution < 1.29 is 13.2 Å². The minimum absolute atomic E-state index is 0.0126. The van der Waals surface area contributed by atoms with Crippen LogP contribution in [0, 0.1) is 0 Å². The Morgan fingerprint density at radius 2 is 2.24 bits per heavy atom. The van der Waals surface area contributed by atoms with Crippen LogP contribution >= 0.6 is 0 Å². The summed E-state index contributed by atoms with van der Waals surface area (Å²) in [4.78, 5) is 4.07. The summed E-state index contributed by atoms with van der Waals surface area (Å²) in [5, 5.41) is -0.0321. The van der Waals surface area contributed by atoms with E-state index in [1.54, 1.807) is 31.5 Å². The number of methoxy groups -OCH3 is 1. The number of nitrogens with two attached hydrogens (primary N) is 1. The van der Waals surface area contributed by atoms with Gasteiger partial charge in [0, 0.05) is 19.3 Å². The Balaban J connectivity index is 2.39. The van der Waals surface area contributed by atoms with Crippen LogP contribution in [0.2, 0.25) is 0 Å². The van der Waals surface area contributed by atoms with Gasteiger partial charge < -0.3 is 10.5 Å². The predicted molar refractivity (Wildman–Crippen MR) is 80.5 cm³/mol. The lowest BCUT2D eigenvalue weighted by Crippen LogP contribution is -2.38. The molecule has 0 aromatic carbocycles. The molecule has 0 saturated carbocycles. The molecule has 8 heteroatoms. The maximum Gasteiger partial charge on any atom is 0.260 e. The number of sulfonamides is 1. The highest BCUT2D eigenvalue weighted by Gasteiger charge is 2.26. The van der Waals surface area contributed by atoms with E-state index in [1.807, 2.05) is 6.92 Å². The van der Waals surface area contributed by atoms with Crippen molar-refractivity contribution in [1.29, 1.82) is 0 Å². The summed E-state index contributed by atoms with van der Waals surface area (Å²) in [6.45, 7) is 2.29. The number of nitrogen functional groups attached to an aromatic ring is 1. The first-order valence-corrected chi connectivity index (χ1v) is 8.21. The number of hydrogen-bond acceptors (Lipinski definition) is 5. The van der Waals surface area contributed by atoms with Crippen LogP contribution in [0.1, 0.15) is 19.8 Å². The van der Waals surface area contributed by atoms with E-state index in [1.165, 1.54) is 4.40 Å². The summed E-state index contributed by atoms with van der Waals surface area (Å²) >= 11 is 0. The van der Waals surface area contributed by atoms with E-state index in [0.717, 1.165) is 6.42 Å². The molecule has 2 aromatic heterocycles. The van der Waals surface area contributed by atoms with Gasteiger partial charge in [-0.25, -0.2) is 18.1 Å². The van der Waals surface area contributed by atoms with Gasteiger partial charge in [0.25, 0.3) is 10.0 Å². The van der Waals surface area contributed by atoms with Gasteiger partial charge in [0.2, 0.25) is 0 Å². The first-order valence-electron chi connectivity index (χ1n) is 6.73. The molecule has 0 saturated heterocycles. The Kier molecular flexibility index (Phi) is 4.81. The quantitative estimate of drug-likeness (QED) is 0.795. The minimum atomic E-state index is -3.77. The Morgan fingerprint density at radius 3 is 2.90 bits per heavy atom. The lowest BCUT2D eigenvalue weighted by Gasteiger charge is -2.17. The zero-order valence-corrected chi connectivity index (χ0v) is 12.9. The van der Waals surface area contributed by atoms with Crippen LogP contribution in [0.3, 0.4) is 0 Å². The molecule has 0 spiro atoms. The van der Waals surface area contributed by atoms with E-state index in [4.69, 9.17) is 10.5 Å². The molecule has 1 atom stereocenters. The molecular weight excluding hydrogens is 292 g/mol. The molecular formula is C13H20N4O3S. The Bertz CT molecular complexity index is 705. The highest BCUT2D eigenvalue weighted by atomic mass is 32.2. The number of ether oxygens (including phenoxy) is 1. The van der Waals surface area contributed by atoms with E-state index in [9.17, 15) is 8.42 Å². The number of fused-ring (bicyclic) bond motifs is 1. The Labute approximate surface area is 124 Å². The zero-order chi connectivity index (χ0) is 15.5. The van der Waals surface area contributed by atoms with Crippen LogP contribution in [0.25, 0.3) is 5.65 Å². The van der Waals surface area contributed by atoms with Crippen LogP contribution in [0.15, 0.2) is 29.4 Å². The second kappa shape index (κ2) is 6.42.